The van der Waals surface area contributed by atoms with Gasteiger partial charge in [0.1, 0.15) is 5.83 Å². The highest BCUT2D eigenvalue weighted by Crippen LogP contribution is 2.18. The van der Waals surface area contributed by atoms with Gasteiger partial charge in [-0.2, -0.15) is 5.26 Å². The number of nitrogens with zero attached hydrogens (tertiary/aromatic N) is 1. The SMILES string of the molecule is CCCCCC/C=C(\F)c1ccc(C#N)cc1. The summed E-state index contributed by atoms with van der Waals surface area (Å²) in [4.78, 5) is 0. The Morgan fingerprint density at radius 3 is 2.53 bits per heavy atom. The second kappa shape index (κ2) is 7.62. The zero-order valence-electron chi connectivity index (χ0n) is 10.2. The van der Waals surface area contributed by atoms with Crippen molar-refractivity contribution in [1.82, 2.24) is 0 Å². The summed E-state index contributed by atoms with van der Waals surface area (Å²) in [6, 6.07) is 8.59. The summed E-state index contributed by atoms with van der Waals surface area (Å²) in [5.41, 5.74) is 1.11. The van der Waals surface area contributed by atoms with Crippen LogP contribution in [-0.4, -0.2) is 0 Å². The van der Waals surface area contributed by atoms with Crippen molar-refractivity contribution in [2.45, 2.75) is 39.0 Å². The van der Waals surface area contributed by atoms with E-state index in [0.717, 1.165) is 19.3 Å². The van der Waals surface area contributed by atoms with Crippen LogP contribution in [0.4, 0.5) is 4.39 Å². The number of rotatable bonds is 6. The van der Waals surface area contributed by atoms with Crippen LogP contribution in [0.1, 0.15) is 50.2 Å². The first-order valence-electron chi connectivity index (χ1n) is 6.14. The lowest BCUT2D eigenvalue weighted by Gasteiger charge is -1.99. The van der Waals surface area contributed by atoms with E-state index in [1.165, 1.54) is 12.8 Å². The van der Waals surface area contributed by atoms with Crippen molar-refractivity contribution in [1.29, 1.82) is 5.26 Å². The van der Waals surface area contributed by atoms with Crippen LogP contribution < -0.4 is 0 Å². The topological polar surface area (TPSA) is 23.8 Å². The number of halogens is 1. The van der Waals surface area contributed by atoms with Crippen molar-refractivity contribution in [2.75, 3.05) is 0 Å². The molecule has 0 spiro atoms. The van der Waals surface area contributed by atoms with E-state index in [1.807, 2.05) is 6.07 Å². The van der Waals surface area contributed by atoms with E-state index < -0.39 is 0 Å². The molecule has 0 saturated heterocycles. The monoisotopic (exact) mass is 231 g/mol. The van der Waals surface area contributed by atoms with Gasteiger partial charge in [-0.1, -0.05) is 38.3 Å². The fraction of sp³-hybridized carbons (Fsp3) is 0.400. The molecule has 0 atom stereocenters. The summed E-state index contributed by atoms with van der Waals surface area (Å²) < 4.78 is 13.7. The summed E-state index contributed by atoms with van der Waals surface area (Å²) in [6.07, 6.45) is 7.03. The maximum absolute atomic E-state index is 13.7. The van der Waals surface area contributed by atoms with Crippen LogP contribution in [0.25, 0.3) is 5.83 Å². The first-order chi connectivity index (χ1) is 8.27. The molecule has 17 heavy (non-hydrogen) atoms. The second-order valence-electron chi connectivity index (χ2n) is 4.09. The predicted molar refractivity (Wildman–Crippen MR) is 69.0 cm³/mol. The van der Waals surface area contributed by atoms with Gasteiger partial charge in [0.05, 0.1) is 11.6 Å². The average molecular weight is 231 g/mol. The normalized spacial score (nSPS) is 11.2. The van der Waals surface area contributed by atoms with Gasteiger partial charge >= 0.3 is 0 Å². The summed E-state index contributed by atoms with van der Waals surface area (Å²) in [5.74, 6) is -0.189. The highest BCUT2D eigenvalue weighted by molar-refractivity contribution is 5.59. The van der Waals surface area contributed by atoms with E-state index >= 15 is 0 Å². The Morgan fingerprint density at radius 1 is 1.24 bits per heavy atom. The summed E-state index contributed by atoms with van der Waals surface area (Å²) in [6.45, 7) is 2.16. The molecule has 1 rings (SSSR count). The fourth-order valence-corrected chi connectivity index (χ4v) is 1.62. The molecular formula is C15H18FN. The molecule has 0 aliphatic carbocycles. The highest BCUT2D eigenvalue weighted by atomic mass is 19.1. The van der Waals surface area contributed by atoms with Crippen molar-refractivity contribution >= 4 is 5.83 Å². The lowest BCUT2D eigenvalue weighted by molar-refractivity contribution is 0.669. The second-order valence-corrected chi connectivity index (χ2v) is 4.09. The number of hydrogen-bond donors (Lipinski definition) is 0. The van der Waals surface area contributed by atoms with Crippen LogP contribution in [0.5, 0.6) is 0 Å². The molecule has 0 fully saturated rings. The van der Waals surface area contributed by atoms with Gasteiger partial charge < -0.3 is 0 Å². The first-order valence-corrected chi connectivity index (χ1v) is 6.14. The maximum Gasteiger partial charge on any atom is 0.126 e. The molecule has 0 amide bonds. The van der Waals surface area contributed by atoms with Crippen molar-refractivity contribution in [2.24, 2.45) is 0 Å². The molecule has 0 aromatic heterocycles. The molecule has 0 saturated carbocycles. The Morgan fingerprint density at radius 2 is 1.94 bits per heavy atom. The summed E-state index contributed by atoms with van der Waals surface area (Å²) in [5, 5.41) is 8.63. The van der Waals surface area contributed by atoms with E-state index in [4.69, 9.17) is 5.26 Å². The van der Waals surface area contributed by atoms with E-state index in [0.29, 0.717) is 11.1 Å². The van der Waals surface area contributed by atoms with Gasteiger partial charge in [-0.25, -0.2) is 4.39 Å². The van der Waals surface area contributed by atoms with Crippen LogP contribution >= 0.6 is 0 Å². The molecular weight excluding hydrogens is 213 g/mol. The lowest BCUT2D eigenvalue weighted by Crippen LogP contribution is -1.81. The predicted octanol–water partition coefficient (Wildman–Crippen LogP) is 4.84. The quantitative estimate of drug-likeness (QED) is 0.643. The van der Waals surface area contributed by atoms with E-state index in [1.54, 1.807) is 30.3 Å². The molecule has 0 N–H and O–H groups in total. The number of allylic oxidation sites excluding steroid dienone is 1. The minimum atomic E-state index is -0.189. The van der Waals surface area contributed by atoms with Crippen molar-refractivity contribution < 1.29 is 4.39 Å². The van der Waals surface area contributed by atoms with Crippen molar-refractivity contribution in [3.63, 3.8) is 0 Å². The largest absolute Gasteiger partial charge is 0.207 e. The molecule has 1 aromatic rings. The number of hydrogen-bond acceptors (Lipinski definition) is 1. The highest BCUT2D eigenvalue weighted by Gasteiger charge is 1.99. The molecule has 1 aromatic carbocycles. The standard InChI is InChI=1S/C15H18FN/c1-2-3-4-5-6-7-15(16)14-10-8-13(12-17)9-11-14/h7-11H,2-6H2,1H3/b15-7-. The molecule has 0 aliphatic heterocycles. The Kier molecular flexibility index (Phi) is 6.03. The van der Waals surface area contributed by atoms with Crippen LogP contribution in [0.2, 0.25) is 0 Å². The van der Waals surface area contributed by atoms with E-state index in [2.05, 4.69) is 6.92 Å². The third-order valence-electron chi connectivity index (χ3n) is 2.67. The molecule has 90 valence electrons. The Balaban J connectivity index is 2.48. The number of nitriles is 1. The van der Waals surface area contributed by atoms with Gasteiger partial charge in [-0.15, -0.1) is 0 Å². The molecule has 1 nitrogen and oxygen atoms in total. The van der Waals surface area contributed by atoms with Gasteiger partial charge in [-0.3, -0.25) is 0 Å². The van der Waals surface area contributed by atoms with Crippen LogP contribution in [0.3, 0.4) is 0 Å². The smallest absolute Gasteiger partial charge is 0.126 e. The molecule has 0 radical (unpaired) electrons. The Labute approximate surface area is 103 Å². The third-order valence-corrected chi connectivity index (χ3v) is 2.67. The van der Waals surface area contributed by atoms with Crippen molar-refractivity contribution in [3.8, 4) is 6.07 Å². The third kappa shape index (κ3) is 4.82. The maximum atomic E-state index is 13.7. The van der Waals surface area contributed by atoms with Gasteiger partial charge in [0, 0.05) is 5.56 Å². The molecule has 0 heterocycles. The number of benzene rings is 1. The molecule has 0 bridgehead atoms. The van der Waals surface area contributed by atoms with Gasteiger partial charge in [0.2, 0.25) is 0 Å². The van der Waals surface area contributed by atoms with Crippen LogP contribution in [-0.2, 0) is 0 Å². The Bertz CT molecular complexity index is 398. The summed E-state index contributed by atoms with van der Waals surface area (Å²) in [7, 11) is 0. The first kappa shape index (κ1) is 13.4. The minimum absolute atomic E-state index is 0.189. The molecule has 0 aliphatic rings. The summed E-state index contributed by atoms with van der Waals surface area (Å²) >= 11 is 0. The van der Waals surface area contributed by atoms with E-state index in [9.17, 15) is 4.39 Å². The molecule has 0 unspecified atom stereocenters. The number of unbranched alkanes of at least 4 members (excludes halogenated alkanes) is 4. The average Bonchev–Trinajstić information content (AvgIpc) is 2.38. The minimum Gasteiger partial charge on any atom is -0.207 e. The zero-order valence-corrected chi connectivity index (χ0v) is 10.2. The van der Waals surface area contributed by atoms with Gasteiger partial charge in [0.25, 0.3) is 0 Å². The van der Waals surface area contributed by atoms with Gasteiger partial charge in [0.15, 0.2) is 0 Å². The lowest BCUT2D eigenvalue weighted by atomic mass is 10.1. The van der Waals surface area contributed by atoms with E-state index in [-0.39, 0.29) is 5.83 Å². The Hall–Kier alpha value is -1.62. The zero-order chi connectivity index (χ0) is 12.5. The fourth-order valence-electron chi connectivity index (χ4n) is 1.62. The van der Waals surface area contributed by atoms with Crippen LogP contribution in [0, 0.1) is 11.3 Å². The molecule has 2 heteroatoms. The van der Waals surface area contributed by atoms with Crippen molar-refractivity contribution in [3.05, 3.63) is 41.5 Å². The van der Waals surface area contributed by atoms with Gasteiger partial charge in [-0.05, 0) is 31.1 Å². The van der Waals surface area contributed by atoms with Crippen LogP contribution in [0.15, 0.2) is 30.3 Å².